The fourth-order valence-corrected chi connectivity index (χ4v) is 3.03. The van der Waals surface area contributed by atoms with Crippen LogP contribution in [0, 0.1) is 0 Å². The summed E-state index contributed by atoms with van der Waals surface area (Å²) in [6, 6.07) is 7.47. The van der Waals surface area contributed by atoms with E-state index in [1.807, 2.05) is 24.3 Å². The zero-order valence-electron chi connectivity index (χ0n) is 12.7. The molecule has 0 unspecified atom stereocenters. The number of hydrogen-bond donors (Lipinski definition) is 1. The molecule has 2 heterocycles. The van der Waals surface area contributed by atoms with Crippen LogP contribution in [0.2, 0.25) is 0 Å². The number of hydrogen-bond acceptors (Lipinski definition) is 5. The molecule has 0 spiro atoms. The molecule has 120 valence electrons. The van der Waals surface area contributed by atoms with Crippen LogP contribution >= 0.6 is 0 Å². The monoisotopic (exact) mass is 314 g/mol. The lowest BCUT2D eigenvalue weighted by Gasteiger charge is -2.25. The highest BCUT2D eigenvalue weighted by atomic mass is 16.6. The van der Waals surface area contributed by atoms with Crippen molar-refractivity contribution >= 4 is 5.97 Å². The fourth-order valence-electron chi connectivity index (χ4n) is 3.03. The van der Waals surface area contributed by atoms with Crippen LogP contribution in [0.4, 0.5) is 0 Å². The van der Waals surface area contributed by atoms with Gasteiger partial charge in [0.2, 0.25) is 0 Å². The van der Waals surface area contributed by atoms with E-state index in [0.29, 0.717) is 18.1 Å². The number of aromatic nitrogens is 2. The molecule has 1 aromatic heterocycles. The van der Waals surface area contributed by atoms with Crippen molar-refractivity contribution in [3.8, 4) is 11.5 Å². The van der Waals surface area contributed by atoms with E-state index in [2.05, 4.69) is 10.2 Å². The maximum Gasteiger partial charge on any atom is 0.359 e. The predicted octanol–water partition coefficient (Wildman–Crippen LogP) is 2.29. The summed E-state index contributed by atoms with van der Waals surface area (Å²) in [5, 5.41) is 7.08. The highest BCUT2D eigenvalue weighted by Gasteiger charge is 2.26. The first-order chi connectivity index (χ1) is 11.3. The third-order valence-corrected chi connectivity index (χ3v) is 4.22. The van der Waals surface area contributed by atoms with Gasteiger partial charge in [0.05, 0.1) is 0 Å². The molecule has 0 bridgehead atoms. The summed E-state index contributed by atoms with van der Waals surface area (Å²) in [5.41, 5.74) is 2.48. The molecule has 1 aliphatic heterocycles. The van der Waals surface area contributed by atoms with E-state index >= 15 is 0 Å². The van der Waals surface area contributed by atoms with Crippen molar-refractivity contribution < 1.29 is 19.0 Å². The minimum atomic E-state index is -0.396. The van der Waals surface area contributed by atoms with E-state index in [1.165, 1.54) is 0 Å². The van der Waals surface area contributed by atoms with Crippen LogP contribution in [0.25, 0.3) is 0 Å². The van der Waals surface area contributed by atoms with Gasteiger partial charge >= 0.3 is 5.97 Å². The van der Waals surface area contributed by atoms with Crippen molar-refractivity contribution in [2.75, 3.05) is 13.2 Å². The number of para-hydroxylation sites is 2. The Balaban J connectivity index is 1.38. The molecule has 0 fully saturated rings. The molecule has 0 saturated carbocycles. The van der Waals surface area contributed by atoms with Crippen molar-refractivity contribution in [1.82, 2.24) is 10.2 Å². The van der Waals surface area contributed by atoms with Crippen LogP contribution in [0.1, 0.15) is 34.6 Å². The number of benzene rings is 1. The molecule has 23 heavy (non-hydrogen) atoms. The average Bonchev–Trinajstić information content (AvgIpc) is 3.03. The molecule has 6 nitrogen and oxygen atoms in total. The predicted molar refractivity (Wildman–Crippen MR) is 81.9 cm³/mol. The minimum Gasteiger partial charge on any atom is -0.486 e. The van der Waals surface area contributed by atoms with Gasteiger partial charge in [0, 0.05) is 11.3 Å². The third kappa shape index (κ3) is 2.76. The number of esters is 1. The Morgan fingerprint density at radius 1 is 1.26 bits per heavy atom. The molecule has 1 aromatic carbocycles. The SMILES string of the molecule is O=C(OC[C@@H]1COc2ccccc2O1)c1n[nH]c2c1CCCC2. The van der Waals surface area contributed by atoms with Crippen molar-refractivity contribution in [3.63, 3.8) is 0 Å². The van der Waals surface area contributed by atoms with E-state index in [4.69, 9.17) is 14.2 Å². The summed E-state index contributed by atoms with van der Waals surface area (Å²) in [5.74, 6) is 1.00. The molecule has 1 aliphatic carbocycles. The average molecular weight is 314 g/mol. The smallest absolute Gasteiger partial charge is 0.359 e. The molecule has 1 atom stereocenters. The number of nitrogens with one attached hydrogen (secondary N) is 1. The van der Waals surface area contributed by atoms with Crippen LogP contribution in [-0.2, 0) is 17.6 Å². The molecule has 6 heteroatoms. The van der Waals surface area contributed by atoms with Gasteiger partial charge in [-0.3, -0.25) is 5.10 Å². The van der Waals surface area contributed by atoms with Crippen molar-refractivity contribution in [1.29, 1.82) is 0 Å². The minimum absolute atomic E-state index is 0.148. The lowest BCUT2D eigenvalue weighted by molar-refractivity contribution is 0.0104. The third-order valence-electron chi connectivity index (χ3n) is 4.22. The number of fused-ring (bicyclic) bond motifs is 2. The first-order valence-corrected chi connectivity index (χ1v) is 7.93. The zero-order valence-corrected chi connectivity index (χ0v) is 12.7. The van der Waals surface area contributed by atoms with Gasteiger partial charge in [-0.1, -0.05) is 12.1 Å². The maximum absolute atomic E-state index is 12.3. The van der Waals surface area contributed by atoms with Gasteiger partial charge in [-0.2, -0.15) is 5.10 Å². The highest BCUT2D eigenvalue weighted by molar-refractivity contribution is 5.89. The van der Waals surface area contributed by atoms with Gasteiger partial charge < -0.3 is 14.2 Å². The second-order valence-corrected chi connectivity index (χ2v) is 5.83. The number of ether oxygens (including phenoxy) is 3. The first-order valence-electron chi connectivity index (χ1n) is 7.93. The molecular formula is C17H18N2O4. The molecule has 1 N–H and O–H groups in total. The van der Waals surface area contributed by atoms with Gasteiger partial charge in [0.1, 0.15) is 13.2 Å². The normalized spacial score (nSPS) is 19.0. The number of rotatable bonds is 3. The Morgan fingerprint density at radius 2 is 2.09 bits per heavy atom. The lowest BCUT2D eigenvalue weighted by Crippen LogP contribution is -2.34. The topological polar surface area (TPSA) is 73.4 Å². The zero-order chi connectivity index (χ0) is 15.6. The number of aromatic amines is 1. The van der Waals surface area contributed by atoms with Crippen LogP contribution < -0.4 is 9.47 Å². The molecule has 0 radical (unpaired) electrons. The Bertz CT molecular complexity index is 725. The van der Waals surface area contributed by atoms with Crippen molar-refractivity contribution in [2.24, 2.45) is 0 Å². The Kier molecular flexibility index (Phi) is 3.65. The van der Waals surface area contributed by atoms with Gasteiger partial charge in [0.25, 0.3) is 0 Å². The van der Waals surface area contributed by atoms with Crippen LogP contribution in [0.3, 0.4) is 0 Å². The Morgan fingerprint density at radius 3 is 3.00 bits per heavy atom. The number of H-pyrrole nitrogens is 1. The van der Waals surface area contributed by atoms with E-state index in [1.54, 1.807) is 0 Å². The number of aryl methyl sites for hydroxylation is 1. The second-order valence-electron chi connectivity index (χ2n) is 5.83. The van der Waals surface area contributed by atoms with Crippen LogP contribution in [0.5, 0.6) is 11.5 Å². The standard InChI is InChI=1S/C17H18N2O4/c20-17(16-12-5-1-2-6-13(12)18-19-16)22-10-11-9-21-14-7-3-4-8-15(14)23-11/h3-4,7-8,11H,1-2,5-6,9-10H2,(H,18,19)/t11-/m0/s1. The van der Waals surface area contributed by atoms with Crippen LogP contribution in [0.15, 0.2) is 24.3 Å². The molecule has 2 aromatic rings. The largest absolute Gasteiger partial charge is 0.486 e. The number of carbonyl (C=O) groups is 1. The quantitative estimate of drug-likeness (QED) is 0.880. The summed E-state index contributed by atoms with van der Waals surface area (Å²) >= 11 is 0. The lowest BCUT2D eigenvalue weighted by atomic mass is 9.96. The summed E-state index contributed by atoms with van der Waals surface area (Å²) in [6.07, 6.45) is 3.75. The maximum atomic E-state index is 12.3. The highest BCUT2D eigenvalue weighted by Crippen LogP contribution is 2.31. The Hall–Kier alpha value is -2.50. The van der Waals surface area contributed by atoms with Gasteiger partial charge in [-0.25, -0.2) is 4.79 Å². The molecular weight excluding hydrogens is 296 g/mol. The summed E-state index contributed by atoms with van der Waals surface area (Å²) in [4.78, 5) is 12.3. The number of carbonyl (C=O) groups excluding carboxylic acids is 1. The molecule has 0 amide bonds. The van der Waals surface area contributed by atoms with Crippen molar-refractivity contribution in [3.05, 3.63) is 41.2 Å². The van der Waals surface area contributed by atoms with Crippen LogP contribution in [-0.4, -0.2) is 35.5 Å². The van der Waals surface area contributed by atoms with Gasteiger partial charge in [-0.15, -0.1) is 0 Å². The van der Waals surface area contributed by atoms with E-state index in [9.17, 15) is 4.79 Å². The molecule has 0 saturated heterocycles. The van der Waals surface area contributed by atoms with E-state index < -0.39 is 5.97 Å². The second kappa shape index (κ2) is 5.95. The summed E-state index contributed by atoms with van der Waals surface area (Å²) in [6.45, 7) is 0.512. The number of nitrogens with zero attached hydrogens (tertiary/aromatic N) is 1. The first kappa shape index (κ1) is 14.1. The summed E-state index contributed by atoms with van der Waals surface area (Å²) < 4.78 is 16.8. The Labute approximate surface area is 133 Å². The van der Waals surface area contributed by atoms with Crippen molar-refractivity contribution in [2.45, 2.75) is 31.8 Å². The van der Waals surface area contributed by atoms with E-state index in [-0.39, 0.29) is 12.7 Å². The molecule has 2 aliphatic rings. The summed E-state index contributed by atoms with van der Waals surface area (Å²) in [7, 11) is 0. The molecule has 4 rings (SSSR count). The van der Waals surface area contributed by atoms with E-state index in [0.717, 1.165) is 42.7 Å². The van der Waals surface area contributed by atoms with Gasteiger partial charge in [-0.05, 0) is 37.8 Å². The fraction of sp³-hybridized carbons (Fsp3) is 0.412. The van der Waals surface area contributed by atoms with Gasteiger partial charge in [0.15, 0.2) is 23.3 Å².